The Labute approximate surface area is 88.8 Å². The second-order valence-electron chi connectivity index (χ2n) is 3.51. The highest BCUT2D eigenvalue weighted by Crippen LogP contribution is 2.19. The van der Waals surface area contributed by atoms with Gasteiger partial charge in [-0.2, -0.15) is 0 Å². The highest BCUT2D eigenvalue weighted by molar-refractivity contribution is 5.79. The summed E-state index contributed by atoms with van der Waals surface area (Å²) >= 11 is 0. The summed E-state index contributed by atoms with van der Waals surface area (Å²) in [7, 11) is 1.35. The van der Waals surface area contributed by atoms with Gasteiger partial charge < -0.3 is 9.30 Å². The summed E-state index contributed by atoms with van der Waals surface area (Å²) in [5.41, 5.74) is 2.29. The quantitative estimate of drug-likeness (QED) is 0.561. The molecule has 0 amide bonds. The number of hydrogen-bond donors (Lipinski definition) is 0. The minimum Gasteiger partial charge on any atom is -0.467 e. The number of carbonyl (C=O) groups is 2. The molecule has 1 atom stereocenters. The van der Waals surface area contributed by atoms with Crippen LogP contribution in [0.15, 0.2) is 6.07 Å². The zero-order valence-corrected chi connectivity index (χ0v) is 9.40. The lowest BCUT2D eigenvalue weighted by Crippen LogP contribution is -2.19. The third kappa shape index (κ3) is 1.93. The van der Waals surface area contributed by atoms with Gasteiger partial charge in [0, 0.05) is 17.0 Å². The van der Waals surface area contributed by atoms with Crippen molar-refractivity contribution in [1.29, 1.82) is 0 Å². The third-order valence-electron chi connectivity index (χ3n) is 2.58. The smallest absolute Gasteiger partial charge is 0.328 e. The van der Waals surface area contributed by atoms with E-state index in [2.05, 4.69) is 4.74 Å². The average molecular weight is 209 g/mol. The van der Waals surface area contributed by atoms with Crippen LogP contribution in [-0.2, 0) is 9.53 Å². The van der Waals surface area contributed by atoms with Crippen LogP contribution in [0, 0.1) is 13.8 Å². The molecular formula is C11H15NO3. The van der Waals surface area contributed by atoms with E-state index < -0.39 is 6.04 Å². The van der Waals surface area contributed by atoms with E-state index in [0.29, 0.717) is 5.56 Å². The number of esters is 1. The highest BCUT2D eigenvalue weighted by Gasteiger charge is 2.20. The maximum absolute atomic E-state index is 11.4. The number of methoxy groups -OCH3 is 1. The van der Waals surface area contributed by atoms with Gasteiger partial charge in [-0.1, -0.05) is 0 Å². The fourth-order valence-corrected chi connectivity index (χ4v) is 1.79. The third-order valence-corrected chi connectivity index (χ3v) is 2.58. The van der Waals surface area contributed by atoms with Gasteiger partial charge in [-0.05, 0) is 26.8 Å². The molecule has 0 aliphatic heterocycles. The van der Waals surface area contributed by atoms with Crippen molar-refractivity contribution >= 4 is 12.3 Å². The molecule has 0 bridgehead atoms. The van der Waals surface area contributed by atoms with Crippen LogP contribution in [-0.4, -0.2) is 23.9 Å². The first-order valence-electron chi connectivity index (χ1n) is 4.74. The molecule has 4 heteroatoms. The Hall–Kier alpha value is -1.58. The Bertz CT molecular complexity index is 393. The first-order valence-corrected chi connectivity index (χ1v) is 4.74. The molecule has 0 aliphatic carbocycles. The number of aldehydes is 1. The number of carbonyl (C=O) groups excluding carboxylic acids is 2. The molecule has 1 unspecified atom stereocenters. The molecule has 0 spiro atoms. The predicted molar refractivity (Wildman–Crippen MR) is 56.0 cm³/mol. The van der Waals surface area contributed by atoms with Crippen LogP contribution in [0.1, 0.15) is 34.7 Å². The Morgan fingerprint density at radius 1 is 1.53 bits per heavy atom. The van der Waals surface area contributed by atoms with Crippen LogP contribution in [0.25, 0.3) is 0 Å². The van der Waals surface area contributed by atoms with Crippen molar-refractivity contribution in [2.75, 3.05) is 7.11 Å². The number of ether oxygens (including phenoxy) is 1. The molecule has 0 fully saturated rings. The molecule has 0 aliphatic rings. The first kappa shape index (κ1) is 11.5. The zero-order valence-electron chi connectivity index (χ0n) is 9.40. The van der Waals surface area contributed by atoms with Gasteiger partial charge in [0.1, 0.15) is 6.04 Å². The molecule has 0 N–H and O–H groups in total. The lowest BCUT2D eigenvalue weighted by molar-refractivity contribution is -0.144. The Balaban J connectivity index is 3.19. The Morgan fingerprint density at radius 3 is 2.53 bits per heavy atom. The van der Waals surface area contributed by atoms with Gasteiger partial charge in [-0.3, -0.25) is 4.79 Å². The van der Waals surface area contributed by atoms with E-state index in [0.717, 1.165) is 17.7 Å². The van der Waals surface area contributed by atoms with Crippen molar-refractivity contribution in [3.63, 3.8) is 0 Å². The van der Waals surface area contributed by atoms with Crippen LogP contribution >= 0.6 is 0 Å². The molecule has 0 saturated carbocycles. The lowest BCUT2D eigenvalue weighted by Gasteiger charge is -2.15. The average Bonchev–Trinajstić information content (AvgIpc) is 2.51. The van der Waals surface area contributed by atoms with Gasteiger partial charge >= 0.3 is 5.97 Å². The van der Waals surface area contributed by atoms with E-state index in [4.69, 9.17) is 0 Å². The van der Waals surface area contributed by atoms with Crippen molar-refractivity contribution in [1.82, 2.24) is 4.57 Å². The monoisotopic (exact) mass is 209 g/mol. The summed E-state index contributed by atoms with van der Waals surface area (Å²) in [4.78, 5) is 22.1. The second-order valence-corrected chi connectivity index (χ2v) is 3.51. The van der Waals surface area contributed by atoms with Gasteiger partial charge in [0.05, 0.1) is 7.11 Å². The number of aryl methyl sites for hydroxylation is 1. The highest BCUT2D eigenvalue weighted by atomic mass is 16.5. The zero-order chi connectivity index (χ0) is 11.6. The number of aromatic nitrogens is 1. The van der Waals surface area contributed by atoms with Crippen molar-refractivity contribution in [2.45, 2.75) is 26.8 Å². The van der Waals surface area contributed by atoms with Crippen LogP contribution in [0.5, 0.6) is 0 Å². The van der Waals surface area contributed by atoms with Gasteiger partial charge in [0.25, 0.3) is 0 Å². The fourth-order valence-electron chi connectivity index (χ4n) is 1.79. The lowest BCUT2D eigenvalue weighted by atomic mass is 10.2. The molecule has 1 rings (SSSR count). The largest absolute Gasteiger partial charge is 0.467 e. The molecule has 0 aromatic carbocycles. The molecule has 82 valence electrons. The molecule has 15 heavy (non-hydrogen) atoms. The molecule has 1 aromatic rings. The van der Waals surface area contributed by atoms with Crippen molar-refractivity contribution in [2.24, 2.45) is 0 Å². The maximum atomic E-state index is 11.4. The fraction of sp³-hybridized carbons (Fsp3) is 0.455. The summed E-state index contributed by atoms with van der Waals surface area (Å²) in [6.45, 7) is 5.43. The molecule has 1 heterocycles. The second kappa shape index (κ2) is 4.29. The standard InChI is InChI=1S/C11H15NO3/c1-7-5-10(6-13)8(2)12(7)9(3)11(14)15-4/h5-6,9H,1-4H3. The SMILES string of the molecule is COC(=O)C(C)n1c(C)cc(C=O)c1C. The predicted octanol–water partition coefficient (Wildman–Crippen LogP) is 1.65. The van der Waals surface area contributed by atoms with E-state index in [1.165, 1.54) is 7.11 Å². The summed E-state index contributed by atoms with van der Waals surface area (Å²) in [6, 6.07) is 1.37. The minimum atomic E-state index is -0.399. The normalized spacial score (nSPS) is 12.3. The Morgan fingerprint density at radius 2 is 2.13 bits per heavy atom. The molecular weight excluding hydrogens is 194 g/mol. The summed E-state index contributed by atoms with van der Waals surface area (Å²) < 4.78 is 6.47. The van der Waals surface area contributed by atoms with E-state index in [1.54, 1.807) is 17.6 Å². The van der Waals surface area contributed by atoms with Crippen molar-refractivity contribution in [3.8, 4) is 0 Å². The molecule has 1 aromatic heterocycles. The van der Waals surface area contributed by atoms with Crippen molar-refractivity contribution < 1.29 is 14.3 Å². The Kier molecular flexibility index (Phi) is 3.29. The first-order chi connectivity index (χ1) is 7.02. The number of nitrogens with zero attached hydrogens (tertiary/aromatic N) is 1. The molecule has 4 nitrogen and oxygen atoms in total. The number of rotatable bonds is 3. The van der Waals surface area contributed by atoms with Gasteiger partial charge in [0.15, 0.2) is 6.29 Å². The topological polar surface area (TPSA) is 48.3 Å². The van der Waals surface area contributed by atoms with Gasteiger partial charge in [-0.15, -0.1) is 0 Å². The van der Waals surface area contributed by atoms with Gasteiger partial charge in [0.2, 0.25) is 0 Å². The van der Waals surface area contributed by atoms with E-state index >= 15 is 0 Å². The maximum Gasteiger partial charge on any atom is 0.328 e. The van der Waals surface area contributed by atoms with E-state index in [-0.39, 0.29) is 5.97 Å². The van der Waals surface area contributed by atoms with Crippen molar-refractivity contribution in [3.05, 3.63) is 23.0 Å². The van der Waals surface area contributed by atoms with E-state index in [1.807, 2.05) is 13.8 Å². The minimum absolute atomic E-state index is 0.311. The summed E-state index contributed by atoms with van der Waals surface area (Å²) in [5, 5.41) is 0. The van der Waals surface area contributed by atoms with Crippen LogP contribution < -0.4 is 0 Å². The summed E-state index contributed by atoms with van der Waals surface area (Å²) in [6.07, 6.45) is 0.794. The van der Waals surface area contributed by atoms with Gasteiger partial charge in [-0.25, -0.2) is 4.79 Å². The summed E-state index contributed by atoms with van der Waals surface area (Å²) in [5.74, 6) is -0.311. The number of hydrogen-bond acceptors (Lipinski definition) is 3. The molecule has 0 saturated heterocycles. The molecule has 0 radical (unpaired) electrons. The van der Waals surface area contributed by atoms with Crippen LogP contribution in [0.2, 0.25) is 0 Å². The van der Waals surface area contributed by atoms with Crippen LogP contribution in [0.4, 0.5) is 0 Å². The van der Waals surface area contributed by atoms with E-state index in [9.17, 15) is 9.59 Å². The van der Waals surface area contributed by atoms with Crippen LogP contribution in [0.3, 0.4) is 0 Å².